The Labute approximate surface area is 162 Å². The largest absolute Gasteiger partial charge is 0.467 e. The molecule has 0 unspecified atom stereocenters. The van der Waals surface area contributed by atoms with E-state index in [1.165, 1.54) is 6.08 Å². The second kappa shape index (κ2) is 8.60. The van der Waals surface area contributed by atoms with Crippen LogP contribution in [0.25, 0.3) is 6.08 Å². The standard InChI is InChI=1S/C20H23N3O5/c1-13-10-15(14(2)23(13)11-17-4-3-9-27-17)5-8-19(25)28-12-18(24)22-20(26)21-16-6-7-16/h3-5,8-10,16H,6-7,11-12H2,1-2H3,(H2,21,22,24,26)/b8-5+. The molecule has 0 radical (unpaired) electrons. The number of esters is 1. The summed E-state index contributed by atoms with van der Waals surface area (Å²) in [4.78, 5) is 34.9. The van der Waals surface area contributed by atoms with Crippen LogP contribution in [0.3, 0.4) is 0 Å². The maximum absolute atomic E-state index is 11.8. The van der Waals surface area contributed by atoms with Crippen LogP contribution in [0.4, 0.5) is 4.79 Å². The van der Waals surface area contributed by atoms with Crippen molar-refractivity contribution >= 4 is 24.0 Å². The van der Waals surface area contributed by atoms with Gasteiger partial charge >= 0.3 is 12.0 Å². The molecule has 1 saturated carbocycles. The number of urea groups is 1. The van der Waals surface area contributed by atoms with Crippen LogP contribution in [0.2, 0.25) is 0 Å². The van der Waals surface area contributed by atoms with Crippen molar-refractivity contribution in [2.75, 3.05) is 6.61 Å². The van der Waals surface area contributed by atoms with Gasteiger partial charge in [0.05, 0.1) is 12.8 Å². The summed E-state index contributed by atoms with van der Waals surface area (Å²) in [7, 11) is 0. The highest BCUT2D eigenvalue weighted by molar-refractivity contribution is 5.96. The van der Waals surface area contributed by atoms with Crippen molar-refractivity contribution in [1.82, 2.24) is 15.2 Å². The van der Waals surface area contributed by atoms with E-state index in [-0.39, 0.29) is 6.04 Å². The summed E-state index contributed by atoms with van der Waals surface area (Å²) in [5.41, 5.74) is 2.88. The summed E-state index contributed by atoms with van der Waals surface area (Å²) < 4.78 is 12.3. The first kappa shape index (κ1) is 19.5. The molecule has 0 aromatic carbocycles. The highest BCUT2D eigenvalue weighted by atomic mass is 16.5. The molecule has 3 rings (SSSR count). The van der Waals surface area contributed by atoms with Gasteiger partial charge in [-0.2, -0.15) is 0 Å². The van der Waals surface area contributed by atoms with E-state index in [0.29, 0.717) is 6.54 Å². The van der Waals surface area contributed by atoms with Gasteiger partial charge in [-0.25, -0.2) is 9.59 Å². The predicted octanol–water partition coefficient (Wildman–Crippen LogP) is 2.29. The molecule has 0 atom stereocenters. The van der Waals surface area contributed by atoms with Crippen molar-refractivity contribution in [2.24, 2.45) is 0 Å². The van der Waals surface area contributed by atoms with E-state index >= 15 is 0 Å². The predicted molar refractivity (Wildman–Crippen MR) is 101 cm³/mol. The third-order valence-electron chi connectivity index (χ3n) is 4.42. The van der Waals surface area contributed by atoms with E-state index in [0.717, 1.165) is 35.6 Å². The number of furan rings is 1. The highest BCUT2D eigenvalue weighted by Gasteiger charge is 2.24. The molecule has 148 valence electrons. The molecule has 0 spiro atoms. The first-order valence-corrected chi connectivity index (χ1v) is 9.06. The van der Waals surface area contributed by atoms with Crippen LogP contribution in [0.1, 0.15) is 35.6 Å². The Balaban J connectivity index is 1.49. The molecule has 2 heterocycles. The summed E-state index contributed by atoms with van der Waals surface area (Å²) >= 11 is 0. The van der Waals surface area contributed by atoms with Gasteiger partial charge in [-0.15, -0.1) is 0 Å². The highest BCUT2D eigenvalue weighted by Crippen LogP contribution is 2.19. The minimum absolute atomic E-state index is 0.144. The van der Waals surface area contributed by atoms with Crippen molar-refractivity contribution in [2.45, 2.75) is 39.3 Å². The van der Waals surface area contributed by atoms with Gasteiger partial charge in [-0.05, 0) is 56.5 Å². The molecule has 0 aliphatic heterocycles. The summed E-state index contributed by atoms with van der Waals surface area (Å²) in [5.74, 6) is -0.487. The molecule has 0 saturated heterocycles. The number of nitrogens with one attached hydrogen (secondary N) is 2. The van der Waals surface area contributed by atoms with Gasteiger partial charge in [0.2, 0.25) is 0 Å². The van der Waals surface area contributed by atoms with Gasteiger partial charge in [0.15, 0.2) is 6.61 Å². The van der Waals surface area contributed by atoms with Crippen LogP contribution in [0, 0.1) is 13.8 Å². The average molecular weight is 385 g/mol. The third kappa shape index (κ3) is 5.35. The number of hydrogen-bond donors (Lipinski definition) is 2. The number of ether oxygens (including phenoxy) is 1. The van der Waals surface area contributed by atoms with E-state index in [1.54, 1.807) is 12.3 Å². The van der Waals surface area contributed by atoms with Gasteiger partial charge in [-0.1, -0.05) is 0 Å². The number of hydrogen-bond acceptors (Lipinski definition) is 5. The Morgan fingerprint density at radius 1 is 1.32 bits per heavy atom. The van der Waals surface area contributed by atoms with E-state index in [4.69, 9.17) is 9.15 Å². The van der Waals surface area contributed by atoms with E-state index in [9.17, 15) is 14.4 Å². The maximum atomic E-state index is 11.8. The lowest BCUT2D eigenvalue weighted by atomic mass is 10.2. The van der Waals surface area contributed by atoms with Crippen molar-refractivity contribution in [3.05, 3.63) is 53.2 Å². The molecule has 3 amide bonds. The number of aryl methyl sites for hydroxylation is 1. The minimum Gasteiger partial charge on any atom is -0.467 e. The zero-order chi connectivity index (χ0) is 20.1. The lowest BCUT2D eigenvalue weighted by Crippen LogP contribution is -2.42. The Morgan fingerprint density at radius 2 is 2.11 bits per heavy atom. The van der Waals surface area contributed by atoms with Crippen LogP contribution in [0.15, 0.2) is 35.0 Å². The van der Waals surface area contributed by atoms with E-state index < -0.39 is 24.5 Å². The van der Waals surface area contributed by atoms with Crippen LogP contribution in [-0.2, 0) is 20.9 Å². The molecule has 2 aromatic heterocycles. The number of rotatable bonds is 7. The van der Waals surface area contributed by atoms with Crippen molar-refractivity contribution in [3.63, 3.8) is 0 Å². The summed E-state index contributed by atoms with van der Waals surface area (Å²) in [6.07, 6.45) is 6.37. The van der Waals surface area contributed by atoms with Crippen LogP contribution < -0.4 is 10.6 Å². The van der Waals surface area contributed by atoms with Gasteiger partial charge in [-0.3, -0.25) is 10.1 Å². The molecule has 1 fully saturated rings. The number of nitrogens with zero attached hydrogens (tertiary/aromatic N) is 1. The quantitative estimate of drug-likeness (QED) is 0.562. The monoisotopic (exact) mass is 385 g/mol. The van der Waals surface area contributed by atoms with E-state index in [2.05, 4.69) is 15.2 Å². The topological polar surface area (TPSA) is 103 Å². The summed E-state index contributed by atoms with van der Waals surface area (Å²) in [6, 6.07) is 5.28. The zero-order valence-electron chi connectivity index (χ0n) is 15.9. The lowest BCUT2D eigenvalue weighted by molar-refractivity contribution is -0.143. The molecule has 2 N–H and O–H groups in total. The smallest absolute Gasteiger partial charge is 0.331 e. The fraction of sp³-hybridized carbons (Fsp3) is 0.350. The Morgan fingerprint density at radius 3 is 2.79 bits per heavy atom. The van der Waals surface area contributed by atoms with Gasteiger partial charge < -0.3 is 19.0 Å². The molecule has 8 nitrogen and oxygen atoms in total. The molecular formula is C20H23N3O5. The first-order chi connectivity index (χ1) is 13.4. The molecule has 2 aromatic rings. The molecule has 0 bridgehead atoms. The van der Waals surface area contributed by atoms with Gasteiger partial charge in [0, 0.05) is 23.5 Å². The second-order valence-electron chi connectivity index (χ2n) is 6.73. The fourth-order valence-corrected chi connectivity index (χ4v) is 2.75. The van der Waals surface area contributed by atoms with Crippen molar-refractivity contribution in [3.8, 4) is 0 Å². The fourth-order valence-electron chi connectivity index (χ4n) is 2.75. The number of carbonyl (C=O) groups is 3. The number of carbonyl (C=O) groups excluding carboxylic acids is 3. The Hall–Kier alpha value is -3.29. The van der Waals surface area contributed by atoms with Gasteiger partial charge in [0.1, 0.15) is 5.76 Å². The van der Waals surface area contributed by atoms with Gasteiger partial charge in [0.25, 0.3) is 5.91 Å². The SMILES string of the molecule is Cc1cc(/C=C/C(=O)OCC(=O)NC(=O)NC2CC2)c(C)n1Cc1ccco1. The molecule has 1 aliphatic carbocycles. The van der Waals surface area contributed by atoms with E-state index in [1.807, 2.05) is 32.0 Å². The maximum Gasteiger partial charge on any atom is 0.331 e. The number of aromatic nitrogens is 1. The Kier molecular flexibility index (Phi) is 5.98. The number of imide groups is 1. The van der Waals surface area contributed by atoms with Crippen molar-refractivity contribution in [1.29, 1.82) is 0 Å². The number of amides is 3. The van der Waals surface area contributed by atoms with Crippen LogP contribution in [-0.4, -0.2) is 35.1 Å². The molecule has 8 heteroatoms. The van der Waals surface area contributed by atoms with Crippen LogP contribution >= 0.6 is 0 Å². The Bertz CT molecular complexity index is 891. The normalized spacial score (nSPS) is 13.5. The minimum atomic E-state index is -0.670. The average Bonchev–Trinajstić information content (AvgIpc) is 3.22. The van der Waals surface area contributed by atoms with Crippen LogP contribution in [0.5, 0.6) is 0 Å². The zero-order valence-corrected chi connectivity index (χ0v) is 15.9. The molecule has 1 aliphatic rings. The molecule has 28 heavy (non-hydrogen) atoms. The lowest BCUT2D eigenvalue weighted by Gasteiger charge is -2.07. The summed E-state index contributed by atoms with van der Waals surface area (Å²) in [5, 5.41) is 4.73. The summed E-state index contributed by atoms with van der Waals surface area (Å²) in [6.45, 7) is 4.01. The third-order valence-corrected chi connectivity index (χ3v) is 4.42. The first-order valence-electron chi connectivity index (χ1n) is 9.06. The second-order valence-corrected chi connectivity index (χ2v) is 6.73. The van der Waals surface area contributed by atoms with Crippen molar-refractivity contribution < 1.29 is 23.5 Å². The molecular weight excluding hydrogens is 362 g/mol.